The van der Waals surface area contributed by atoms with Crippen LogP contribution in [0.2, 0.25) is 0 Å². The molecule has 0 saturated carbocycles. The van der Waals surface area contributed by atoms with Gasteiger partial charge in [-0.1, -0.05) is 29.3 Å². The second kappa shape index (κ2) is 6.70. The number of ether oxygens (including phenoxy) is 1. The van der Waals surface area contributed by atoms with Gasteiger partial charge in [-0.05, 0) is 40.3 Å². The summed E-state index contributed by atoms with van der Waals surface area (Å²) < 4.78 is 6.04. The van der Waals surface area contributed by atoms with Crippen molar-refractivity contribution >= 4 is 0 Å². The van der Waals surface area contributed by atoms with Crippen LogP contribution in [0.25, 0.3) is 0 Å². The quantitative estimate of drug-likeness (QED) is 0.915. The van der Waals surface area contributed by atoms with Crippen LogP contribution >= 0.6 is 0 Å². The minimum atomic E-state index is 0.220. The van der Waals surface area contributed by atoms with Gasteiger partial charge in [-0.25, -0.2) is 0 Å². The number of aryl methyl sites for hydroxylation is 2. The third kappa shape index (κ3) is 3.40. The van der Waals surface area contributed by atoms with Crippen LogP contribution in [-0.2, 0) is 4.74 Å². The summed E-state index contributed by atoms with van der Waals surface area (Å²) in [4.78, 5) is 2.57. The van der Waals surface area contributed by atoms with E-state index >= 15 is 0 Å². The van der Waals surface area contributed by atoms with E-state index in [0.29, 0.717) is 12.1 Å². The summed E-state index contributed by atoms with van der Waals surface area (Å²) >= 11 is 0. The molecule has 2 atom stereocenters. The molecule has 1 aromatic carbocycles. The standard InChI is InChI=1S/C17H28N2O/c1-12(2)19-6-7-20-16(11-18-5)17(19)15-9-13(3)8-14(4)10-15/h8-10,12,16-18H,6-7,11H2,1-5H3. The lowest BCUT2D eigenvalue weighted by atomic mass is 9.94. The molecule has 3 nitrogen and oxygen atoms in total. The SMILES string of the molecule is CNCC1OCCN(C(C)C)C1c1cc(C)cc(C)c1. The fourth-order valence-corrected chi connectivity index (χ4v) is 3.29. The molecule has 1 aliphatic heterocycles. The van der Waals surface area contributed by atoms with Gasteiger partial charge < -0.3 is 10.1 Å². The number of morpholine rings is 1. The molecule has 0 radical (unpaired) electrons. The first-order chi connectivity index (χ1) is 9.52. The summed E-state index contributed by atoms with van der Waals surface area (Å²) in [5, 5.41) is 3.27. The Morgan fingerprint density at radius 3 is 2.45 bits per heavy atom. The lowest BCUT2D eigenvalue weighted by Crippen LogP contribution is -2.51. The van der Waals surface area contributed by atoms with Gasteiger partial charge in [-0.3, -0.25) is 4.90 Å². The van der Waals surface area contributed by atoms with Crippen LogP contribution in [-0.4, -0.2) is 43.8 Å². The highest BCUT2D eigenvalue weighted by molar-refractivity contribution is 5.31. The van der Waals surface area contributed by atoms with Crippen molar-refractivity contribution < 1.29 is 4.74 Å². The molecule has 0 spiro atoms. The second-order valence-electron chi connectivity index (χ2n) is 6.16. The Balaban J connectivity index is 2.37. The molecule has 20 heavy (non-hydrogen) atoms. The molecule has 1 aromatic rings. The fraction of sp³-hybridized carbons (Fsp3) is 0.647. The Morgan fingerprint density at radius 2 is 1.90 bits per heavy atom. The van der Waals surface area contributed by atoms with Gasteiger partial charge >= 0.3 is 0 Å². The number of hydrogen-bond acceptors (Lipinski definition) is 3. The van der Waals surface area contributed by atoms with E-state index in [1.807, 2.05) is 7.05 Å². The summed E-state index contributed by atoms with van der Waals surface area (Å²) in [6, 6.07) is 7.73. The molecule has 0 aromatic heterocycles. The number of benzene rings is 1. The van der Waals surface area contributed by atoms with Crippen LogP contribution in [0.3, 0.4) is 0 Å². The molecule has 1 aliphatic rings. The summed E-state index contributed by atoms with van der Waals surface area (Å²) in [6.45, 7) is 11.6. The summed E-state index contributed by atoms with van der Waals surface area (Å²) in [6.07, 6.45) is 0.220. The van der Waals surface area contributed by atoms with Crippen molar-refractivity contribution in [3.63, 3.8) is 0 Å². The van der Waals surface area contributed by atoms with Crippen molar-refractivity contribution in [3.8, 4) is 0 Å². The van der Waals surface area contributed by atoms with Gasteiger partial charge in [0.2, 0.25) is 0 Å². The maximum absolute atomic E-state index is 6.04. The molecule has 1 fully saturated rings. The zero-order valence-corrected chi connectivity index (χ0v) is 13.4. The summed E-state index contributed by atoms with van der Waals surface area (Å²) in [5.41, 5.74) is 4.05. The third-order valence-electron chi connectivity index (χ3n) is 4.05. The average molecular weight is 276 g/mol. The molecule has 3 heteroatoms. The molecule has 2 unspecified atom stereocenters. The van der Waals surface area contributed by atoms with Gasteiger partial charge in [-0.15, -0.1) is 0 Å². The normalized spacial score (nSPS) is 24.3. The van der Waals surface area contributed by atoms with E-state index in [9.17, 15) is 0 Å². The fourth-order valence-electron chi connectivity index (χ4n) is 3.29. The van der Waals surface area contributed by atoms with Crippen molar-refractivity contribution in [2.75, 3.05) is 26.7 Å². The van der Waals surface area contributed by atoms with E-state index in [4.69, 9.17) is 4.74 Å². The Morgan fingerprint density at radius 1 is 1.25 bits per heavy atom. The zero-order chi connectivity index (χ0) is 14.7. The molecular weight excluding hydrogens is 248 g/mol. The zero-order valence-electron chi connectivity index (χ0n) is 13.4. The largest absolute Gasteiger partial charge is 0.374 e. The van der Waals surface area contributed by atoms with E-state index in [1.165, 1.54) is 16.7 Å². The molecule has 1 N–H and O–H groups in total. The van der Waals surface area contributed by atoms with E-state index in [1.54, 1.807) is 0 Å². The van der Waals surface area contributed by atoms with Gasteiger partial charge in [0.1, 0.15) is 0 Å². The van der Waals surface area contributed by atoms with Gasteiger partial charge in [0, 0.05) is 19.1 Å². The van der Waals surface area contributed by atoms with Crippen LogP contribution in [0.1, 0.15) is 36.6 Å². The predicted octanol–water partition coefficient (Wildman–Crippen LogP) is 2.67. The minimum absolute atomic E-state index is 0.220. The van der Waals surface area contributed by atoms with Gasteiger partial charge in [0.25, 0.3) is 0 Å². The monoisotopic (exact) mass is 276 g/mol. The number of likely N-dealkylation sites (N-methyl/N-ethyl adjacent to an activating group) is 1. The van der Waals surface area contributed by atoms with Crippen LogP contribution < -0.4 is 5.32 Å². The van der Waals surface area contributed by atoms with Crippen LogP contribution in [0.4, 0.5) is 0 Å². The molecule has 0 bridgehead atoms. The maximum Gasteiger partial charge on any atom is 0.0896 e. The van der Waals surface area contributed by atoms with Gasteiger partial charge in [-0.2, -0.15) is 0 Å². The van der Waals surface area contributed by atoms with E-state index in [-0.39, 0.29) is 6.10 Å². The number of rotatable bonds is 4. The van der Waals surface area contributed by atoms with E-state index in [0.717, 1.165) is 19.7 Å². The highest BCUT2D eigenvalue weighted by Crippen LogP contribution is 2.32. The van der Waals surface area contributed by atoms with E-state index < -0.39 is 0 Å². The second-order valence-corrected chi connectivity index (χ2v) is 6.16. The highest BCUT2D eigenvalue weighted by atomic mass is 16.5. The Bertz CT molecular complexity index is 422. The van der Waals surface area contributed by atoms with Crippen molar-refractivity contribution in [1.82, 2.24) is 10.2 Å². The smallest absolute Gasteiger partial charge is 0.0896 e. The first kappa shape index (κ1) is 15.5. The molecule has 0 aliphatic carbocycles. The summed E-state index contributed by atoms with van der Waals surface area (Å²) in [5.74, 6) is 0. The first-order valence-electron chi connectivity index (χ1n) is 7.63. The van der Waals surface area contributed by atoms with Crippen molar-refractivity contribution in [2.45, 2.75) is 45.9 Å². The summed E-state index contributed by atoms with van der Waals surface area (Å²) in [7, 11) is 2.00. The molecule has 1 saturated heterocycles. The molecular formula is C17H28N2O. The lowest BCUT2D eigenvalue weighted by Gasteiger charge is -2.44. The number of hydrogen-bond donors (Lipinski definition) is 1. The average Bonchev–Trinajstić information content (AvgIpc) is 2.37. The van der Waals surface area contributed by atoms with Crippen molar-refractivity contribution in [3.05, 3.63) is 34.9 Å². The maximum atomic E-state index is 6.04. The Kier molecular flexibility index (Phi) is 5.19. The Hall–Kier alpha value is -0.900. The Labute approximate surface area is 123 Å². The molecule has 1 heterocycles. The topological polar surface area (TPSA) is 24.5 Å². The highest BCUT2D eigenvalue weighted by Gasteiger charge is 2.34. The van der Waals surface area contributed by atoms with Crippen molar-refractivity contribution in [2.24, 2.45) is 0 Å². The first-order valence-corrected chi connectivity index (χ1v) is 7.63. The molecule has 2 rings (SSSR count). The van der Waals surface area contributed by atoms with Crippen LogP contribution in [0.5, 0.6) is 0 Å². The van der Waals surface area contributed by atoms with Crippen molar-refractivity contribution in [1.29, 1.82) is 0 Å². The van der Waals surface area contributed by atoms with Gasteiger partial charge in [0.05, 0.1) is 18.8 Å². The third-order valence-corrected chi connectivity index (χ3v) is 4.05. The lowest BCUT2D eigenvalue weighted by molar-refractivity contribution is -0.0815. The molecule has 0 amide bonds. The van der Waals surface area contributed by atoms with E-state index in [2.05, 4.69) is 56.1 Å². The minimum Gasteiger partial charge on any atom is -0.374 e. The van der Waals surface area contributed by atoms with Crippen LogP contribution in [0.15, 0.2) is 18.2 Å². The molecule has 112 valence electrons. The van der Waals surface area contributed by atoms with Gasteiger partial charge in [0.15, 0.2) is 0 Å². The predicted molar refractivity (Wildman–Crippen MR) is 84.2 cm³/mol. The number of nitrogens with one attached hydrogen (secondary N) is 1. The van der Waals surface area contributed by atoms with Crippen LogP contribution in [0, 0.1) is 13.8 Å². The number of nitrogens with zero attached hydrogens (tertiary/aromatic N) is 1.